The lowest BCUT2D eigenvalue weighted by molar-refractivity contribution is -0.114. The predicted octanol–water partition coefficient (Wildman–Crippen LogP) is 3.15. The molecular weight excluding hydrogens is 404 g/mol. The second-order valence-electron chi connectivity index (χ2n) is 6.27. The molecule has 0 saturated heterocycles. The maximum Gasteiger partial charge on any atom is 0.337 e. The highest BCUT2D eigenvalue weighted by atomic mass is 35.5. The van der Waals surface area contributed by atoms with E-state index in [0.29, 0.717) is 16.3 Å². The molecule has 0 unspecified atom stereocenters. The van der Waals surface area contributed by atoms with Gasteiger partial charge in [0, 0.05) is 10.7 Å². The SMILES string of the molecule is COC(=O)c1ccc(C)c(NC(=O)CN(c2ccc(C)c(Cl)c2)S(C)(=O)=O)c1. The minimum absolute atomic E-state index is 0.272. The average molecular weight is 425 g/mol. The Kier molecular flexibility index (Phi) is 6.69. The summed E-state index contributed by atoms with van der Waals surface area (Å²) >= 11 is 6.09. The van der Waals surface area contributed by atoms with Gasteiger partial charge in [0.05, 0.1) is 24.6 Å². The van der Waals surface area contributed by atoms with E-state index in [0.717, 1.165) is 16.1 Å². The van der Waals surface area contributed by atoms with Gasteiger partial charge in [0.15, 0.2) is 0 Å². The molecule has 0 aromatic heterocycles. The van der Waals surface area contributed by atoms with Crippen molar-refractivity contribution in [1.82, 2.24) is 0 Å². The molecule has 150 valence electrons. The van der Waals surface area contributed by atoms with Crippen molar-refractivity contribution in [1.29, 1.82) is 0 Å². The van der Waals surface area contributed by atoms with E-state index in [2.05, 4.69) is 10.1 Å². The second kappa shape index (κ2) is 8.62. The molecule has 0 fully saturated rings. The molecule has 0 heterocycles. The number of carbonyl (C=O) groups is 2. The molecule has 0 aliphatic rings. The third-order valence-electron chi connectivity index (χ3n) is 4.06. The van der Waals surface area contributed by atoms with Crippen molar-refractivity contribution in [2.45, 2.75) is 13.8 Å². The molecule has 0 aliphatic carbocycles. The topological polar surface area (TPSA) is 92.8 Å². The zero-order valence-electron chi connectivity index (χ0n) is 15.9. The quantitative estimate of drug-likeness (QED) is 0.719. The Labute approximate surface area is 169 Å². The van der Waals surface area contributed by atoms with Crippen LogP contribution < -0.4 is 9.62 Å². The van der Waals surface area contributed by atoms with Crippen molar-refractivity contribution in [3.8, 4) is 0 Å². The summed E-state index contributed by atoms with van der Waals surface area (Å²) in [5.41, 5.74) is 2.45. The van der Waals surface area contributed by atoms with Crippen LogP contribution in [-0.2, 0) is 19.6 Å². The number of ether oxygens (including phenoxy) is 1. The molecule has 7 nitrogen and oxygen atoms in total. The first-order chi connectivity index (χ1) is 13.0. The molecule has 2 aromatic rings. The molecule has 28 heavy (non-hydrogen) atoms. The maximum atomic E-state index is 12.5. The van der Waals surface area contributed by atoms with Crippen LogP contribution in [0.3, 0.4) is 0 Å². The molecule has 0 radical (unpaired) electrons. The van der Waals surface area contributed by atoms with Gasteiger partial charge in [-0.15, -0.1) is 0 Å². The van der Waals surface area contributed by atoms with E-state index in [-0.39, 0.29) is 11.3 Å². The molecule has 0 atom stereocenters. The number of aryl methyl sites for hydroxylation is 2. The molecule has 0 spiro atoms. The summed E-state index contributed by atoms with van der Waals surface area (Å²) in [5.74, 6) is -1.10. The minimum Gasteiger partial charge on any atom is -0.465 e. The van der Waals surface area contributed by atoms with E-state index >= 15 is 0 Å². The highest BCUT2D eigenvalue weighted by molar-refractivity contribution is 7.92. The van der Waals surface area contributed by atoms with Crippen LogP contribution in [0.15, 0.2) is 36.4 Å². The van der Waals surface area contributed by atoms with Crippen LogP contribution in [0.5, 0.6) is 0 Å². The zero-order chi connectivity index (χ0) is 21.1. The standard InChI is InChI=1S/C19H21ClN2O5S/c1-12-6-8-15(10-16(12)20)22(28(4,25)26)11-18(23)21-17-9-14(19(24)27-3)7-5-13(17)2/h5-10H,11H2,1-4H3,(H,21,23). The largest absolute Gasteiger partial charge is 0.465 e. The van der Waals surface area contributed by atoms with Crippen LogP contribution in [0.25, 0.3) is 0 Å². The molecule has 2 aromatic carbocycles. The molecule has 9 heteroatoms. The lowest BCUT2D eigenvalue weighted by Gasteiger charge is -2.22. The molecule has 1 N–H and O–H groups in total. The van der Waals surface area contributed by atoms with Crippen molar-refractivity contribution < 1.29 is 22.7 Å². The normalized spacial score (nSPS) is 11.0. The number of hydrogen-bond donors (Lipinski definition) is 1. The van der Waals surface area contributed by atoms with Crippen LogP contribution in [0.2, 0.25) is 5.02 Å². The van der Waals surface area contributed by atoms with Gasteiger partial charge in [-0.1, -0.05) is 23.7 Å². The highest BCUT2D eigenvalue weighted by Crippen LogP contribution is 2.25. The Morgan fingerprint density at radius 1 is 1.11 bits per heavy atom. The lowest BCUT2D eigenvalue weighted by atomic mass is 10.1. The number of esters is 1. The smallest absolute Gasteiger partial charge is 0.337 e. The van der Waals surface area contributed by atoms with E-state index in [1.54, 1.807) is 38.1 Å². The first-order valence-electron chi connectivity index (χ1n) is 8.25. The number of sulfonamides is 1. The maximum absolute atomic E-state index is 12.5. The third-order valence-corrected chi connectivity index (χ3v) is 5.61. The first kappa shape index (κ1) is 21.7. The van der Waals surface area contributed by atoms with Crippen molar-refractivity contribution in [2.75, 3.05) is 29.5 Å². The summed E-state index contributed by atoms with van der Waals surface area (Å²) in [6.07, 6.45) is 1.01. The molecule has 0 aliphatic heterocycles. The number of carbonyl (C=O) groups excluding carboxylic acids is 2. The Bertz CT molecular complexity index is 1020. The van der Waals surface area contributed by atoms with Crippen LogP contribution in [-0.4, -0.2) is 40.2 Å². The Morgan fingerprint density at radius 2 is 1.75 bits per heavy atom. The molecule has 2 rings (SSSR count). The number of benzene rings is 2. The van der Waals surface area contributed by atoms with E-state index in [4.69, 9.17) is 11.6 Å². The third kappa shape index (κ3) is 5.24. The number of hydrogen-bond acceptors (Lipinski definition) is 5. The summed E-state index contributed by atoms with van der Waals surface area (Å²) in [6.45, 7) is 3.10. The number of nitrogens with one attached hydrogen (secondary N) is 1. The van der Waals surface area contributed by atoms with E-state index < -0.39 is 28.4 Å². The van der Waals surface area contributed by atoms with Gasteiger partial charge in [-0.05, 0) is 49.2 Å². The van der Waals surface area contributed by atoms with Crippen LogP contribution >= 0.6 is 11.6 Å². The molecule has 0 bridgehead atoms. The van der Waals surface area contributed by atoms with E-state index in [1.807, 2.05) is 0 Å². The van der Waals surface area contributed by atoms with Crippen LogP contribution in [0.1, 0.15) is 21.5 Å². The summed E-state index contributed by atoms with van der Waals surface area (Å²) in [7, 11) is -2.47. The monoisotopic (exact) mass is 424 g/mol. The summed E-state index contributed by atoms with van der Waals surface area (Å²) < 4.78 is 30.1. The van der Waals surface area contributed by atoms with Crippen LogP contribution in [0.4, 0.5) is 11.4 Å². The second-order valence-corrected chi connectivity index (χ2v) is 8.59. The number of rotatable bonds is 6. The fourth-order valence-corrected chi connectivity index (χ4v) is 3.48. The van der Waals surface area contributed by atoms with Crippen molar-refractivity contribution in [3.63, 3.8) is 0 Å². The lowest BCUT2D eigenvalue weighted by Crippen LogP contribution is -2.37. The molecule has 0 saturated carbocycles. The van der Waals surface area contributed by atoms with Gasteiger partial charge in [0.1, 0.15) is 6.54 Å². The van der Waals surface area contributed by atoms with Gasteiger partial charge >= 0.3 is 5.97 Å². The average Bonchev–Trinajstić information content (AvgIpc) is 2.62. The van der Waals surface area contributed by atoms with Crippen LogP contribution in [0, 0.1) is 13.8 Å². The highest BCUT2D eigenvalue weighted by Gasteiger charge is 2.22. The summed E-state index contributed by atoms with van der Waals surface area (Å²) in [6, 6.07) is 9.47. The van der Waals surface area contributed by atoms with Crippen molar-refractivity contribution in [3.05, 3.63) is 58.1 Å². The van der Waals surface area contributed by atoms with Gasteiger partial charge in [-0.25, -0.2) is 13.2 Å². The fourth-order valence-electron chi connectivity index (χ4n) is 2.46. The molecule has 1 amide bonds. The van der Waals surface area contributed by atoms with Gasteiger partial charge in [0.2, 0.25) is 15.9 Å². The first-order valence-corrected chi connectivity index (χ1v) is 10.5. The number of methoxy groups -OCH3 is 1. The summed E-state index contributed by atoms with van der Waals surface area (Å²) in [5, 5.41) is 3.04. The van der Waals surface area contributed by atoms with Crippen molar-refractivity contribution in [2.24, 2.45) is 0 Å². The van der Waals surface area contributed by atoms with E-state index in [1.165, 1.54) is 19.2 Å². The van der Waals surface area contributed by atoms with Gasteiger partial charge in [0.25, 0.3) is 0 Å². The molecular formula is C19H21ClN2O5S. The minimum atomic E-state index is -3.73. The van der Waals surface area contributed by atoms with Gasteiger partial charge in [-0.2, -0.15) is 0 Å². The van der Waals surface area contributed by atoms with Gasteiger partial charge < -0.3 is 10.1 Å². The Hall–Kier alpha value is -2.58. The van der Waals surface area contributed by atoms with Gasteiger partial charge in [-0.3, -0.25) is 9.10 Å². The predicted molar refractivity (Wildman–Crippen MR) is 110 cm³/mol. The number of amides is 1. The fraction of sp³-hybridized carbons (Fsp3) is 0.263. The Morgan fingerprint density at radius 3 is 2.32 bits per heavy atom. The number of anilines is 2. The number of nitrogens with zero attached hydrogens (tertiary/aromatic N) is 1. The Balaban J connectivity index is 2.28. The number of halogens is 1. The zero-order valence-corrected chi connectivity index (χ0v) is 17.5. The van der Waals surface area contributed by atoms with E-state index in [9.17, 15) is 18.0 Å². The van der Waals surface area contributed by atoms with Crippen molar-refractivity contribution >= 4 is 44.9 Å². The summed E-state index contributed by atoms with van der Waals surface area (Å²) in [4.78, 5) is 24.2.